The maximum atomic E-state index is 12.9. The van der Waals surface area contributed by atoms with Gasteiger partial charge in [0.1, 0.15) is 10.0 Å². The summed E-state index contributed by atoms with van der Waals surface area (Å²) in [6.07, 6.45) is 3.05. The SMILES string of the molecule is CCc1ccc(S(=O)(=O)Nc2cncc(F)c2)s1. The number of halogens is 1. The van der Waals surface area contributed by atoms with Crippen LogP contribution in [0.3, 0.4) is 0 Å². The highest BCUT2D eigenvalue weighted by Gasteiger charge is 2.17. The number of hydrogen-bond acceptors (Lipinski definition) is 4. The fourth-order valence-corrected chi connectivity index (χ4v) is 3.70. The van der Waals surface area contributed by atoms with Gasteiger partial charge in [-0.3, -0.25) is 9.71 Å². The van der Waals surface area contributed by atoms with Crippen molar-refractivity contribution >= 4 is 27.0 Å². The van der Waals surface area contributed by atoms with E-state index in [-0.39, 0.29) is 9.90 Å². The van der Waals surface area contributed by atoms with Gasteiger partial charge in [-0.1, -0.05) is 6.92 Å². The molecule has 0 aliphatic carbocycles. The molecule has 18 heavy (non-hydrogen) atoms. The second-order valence-electron chi connectivity index (χ2n) is 3.57. The Morgan fingerprint density at radius 1 is 1.39 bits per heavy atom. The van der Waals surface area contributed by atoms with Crippen LogP contribution in [-0.2, 0) is 16.4 Å². The summed E-state index contributed by atoms with van der Waals surface area (Å²) in [5, 5.41) is 0. The Hall–Kier alpha value is -1.47. The molecule has 2 aromatic heterocycles. The molecule has 2 aromatic rings. The van der Waals surface area contributed by atoms with Crippen molar-refractivity contribution in [3.63, 3.8) is 0 Å². The number of aromatic nitrogens is 1. The smallest absolute Gasteiger partial charge is 0.271 e. The van der Waals surface area contributed by atoms with Gasteiger partial charge >= 0.3 is 0 Å². The predicted molar refractivity (Wildman–Crippen MR) is 68.7 cm³/mol. The predicted octanol–water partition coefficient (Wildman–Crippen LogP) is 2.65. The third-order valence-electron chi connectivity index (χ3n) is 2.21. The molecular formula is C11H11FN2O2S2. The van der Waals surface area contributed by atoms with Crippen molar-refractivity contribution in [2.45, 2.75) is 17.6 Å². The monoisotopic (exact) mass is 286 g/mol. The van der Waals surface area contributed by atoms with E-state index in [4.69, 9.17) is 0 Å². The van der Waals surface area contributed by atoms with E-state index in [1.165, 1.54) is 17.5 Å². The van der Waals surface area contributed by atoms with E-state index in [9.17, 15) is 12.8 Å². The van der Waals surface area contributed by atoms with Crippen LogP contribution in [0.5, 0.6) is 0 Å². The Balaban J connectivity index is 2.27. The molecule has 1 N–H and O–H groups in total. The molecule has 0 bridgehead atoms. The highest BCUT2D eigenvalue weighted by molar-refractivity contribution is 7.94. The molecule has 96 valence electrons. The fraction of sp³-hybridized carbons (Fsp3) is 0.182. The first-order valence-corrected chi connectivity index (χ1v) is 7.53. The lowest BCUT2D eigenvalue weighted by Gasteiger charge is -2.05. The minimum absolute atomic E-state index is 0.112. The molecule has 0 aliphatic rings. The number of nitrogens with one attached hydrogen (secondary N) is 1. The molecule has 0 saturated heterocycles. The van der Waals surface area contributed by atoms with E-state index >= 15 is 0 Å². The quantitative estimate of drug-likeness (QED) is 0.940. The third-order valence-corrected chi connectivity index (χ3v) is 5.31. The van der Waals surface area contributed by atoms with Gasteiger partial charge in [0.25, 0.3) is 10.0 Å². The molecule has 0 amide bonds. The van der Waals surface area contributed by atoms with Gasteiger partial charge in [0.05, 0.1) is 18.1 Å². The molecule has 0 radical (unpaired) electrons. The summed E-state index contributed by atoms with van der Waals surface area (Å²) in [5.74, 6) is -0.587. The Kier molecular flexibility index (Phi) is 3.63. The van der Waals surface area contributed by atoms with E-state index in [0.717, 1.165) is 23.6 Å². The van der Waals surface area contributed by atoms with Gasteiger partial charge in [0.15, 0.2) is 0 Å². The third kappa shape index (κ3) is 2.85. The number of nitrogens with zero attached hydrogens (tertiary/aromatic N) is 1. The zero-order chi connectivity index (χ0) is 13.2. The van der Waals surface area contributed by atoms with Crippen LogP contribution in [0, 0.1) is 5.82 Å². The number of anilines is 1. The van der Waals surface area contributed by atoms with Crippen LogP contribution in [0.1, 0.15) is 11.8 Å². The van der Waals surface area contributed by atoms with Gasteiger partial charge in [-0.2, -0.15) is 0 Å². The van der Waals surface area contributed by atoms with Crippen LogP contribution >= 0.6 is 11.3 Å². The highest BCUT2D eigenvalue weighted by atomic mass is 32.2. The minimum atomic E-state index is -3.66. The lowest BCUT2D eigenvalue weighted by atomic mass is 10.4. The number of sulfonamides is 1. The van der Waals surface area contributed by atoms with Crippen molar-refractivity contribution in [1.82, 2.24) is 4.98 Å². The minimum Gasteiger partial charge on any atom is -0.277 e. The number of rotatable bonds is 4. The summed E-state index contributed by atoms with van der Waals surface area (Å²) >= 11 is 1.20. The van der Waals surface area contributed by atoms with Gasteiger partial charge < -0.3 is 0 Å². The number of thiophene rings is 1. The number of pyridine rings is 1. The van der Waals surface area contributed by atoms with Crippen LogP contribution in [-0.4, -0.2) is 13.4 Å². The van der Waals surface area contributed by atoms with Gasteiger partial charge in [0, 0.05) is 10.9 Å². The molecule has 2 heterocycles. The lowest BCUT2D eigenvalue weighted by Crippen LogP contribution is -2.11. The highest BCUT2D eigenvalue weighted by Crippen LogP contribution is 2.24. The van der Waals surface area contributed by atoms with Crippen LogP contribution in [0.15, 0.2) is 34.8 Å². The van der Waals surface area contributed by atoms with Gasteiger partial charge in [-0.05, 0) is 18.6 Å². The van der Waals surface area contributed by atoms with Crippen molar-refractivity contribution in [3.05, 3.63) is 41.3 Å². The summed E-state index contributed by atoms with van der Waals surface area (Å²) in [5.41, 5.74) is 0.112. The first-order chi connectivity index (χ1) is 8.51. The summed E-state index contributed by atoms with van der Waals surface area (Å²) < 4.78 is 39.4. The number of hydrogen-bond donors (Lipinski definition) is 1. The molecule has 0 unspecified atom stereocenters. The van der Waals surface area contributed by atoms with E-state index < -0.39 is 15.8 Å². The number of aryl methyl sites for hydroxylation is 1. The van der Waals surface area contributed by atoms with Crippen LogP contribution < -0.4 is 4.72 Å². The Labute approximate surface area is 109 Å². The van der Waals surface area contributed by atoms with Gasteiger partial charge in [0.2, 0.25) is 0 Å². The maximum absolute atomic E-state index is 12.9. The van der Waals surface area contributed by atoms with Crippen LogP contribution in [0.4, 0.5) is 10.1 Å². The lowest BCUT2D eigenvalue weighted by molar-refractivity contribution is 0.603. The molecule has 0 aliphatic heterocycles. The van der Waals surface area contributed by atoms with Crippen LogP contribution in [0.2, 0.25) is 0 Å². The van der Waals surface area contributed by atoms with E-state index in [1.807, 2.05) is 6.92 Å². The molecule has 0 aromatic carbocycles. The molecule has 7 heteroatoms. The van der Waals surface area contributed by atoms with Crippen molar-refractivity contribution in [3.8, 4) is 0 Å². The molecular weight excluding hydrogens is 275 g/mol. The van der Waals surface area contributed by atoms with E-state index in [0.29, 0.717) is 0 Å². The second-order valence-corrected chi connectivity index (χ2v) is 6.65. The summed E-state index contributed by atoms with van der Waals surface area (Å²) in [7, 11) is -3.66. The second kappa shape index (κ2) is 5.03. The van der Waals surface area contributed by atoms with Crippen molar-refractivity contribution in [2.75, 3.05) is 4.72 Å². The normalized spacial score (nSPS) is 11.4. The molecule has 0 atom stereocenters. The average Bonchev–Trinajstić information content (AvgIpc) is 2.77. The van der Waals surface area contributed by atoms with Crippen molar-refractivity contribution in [2.24, 2.45) is 0 Å². The molecule has 4 nitrogen and oxygen atoms in total. The summed E-state index contributed by atoms with van der Waals surface area (Å²) in [4.78, 5) is 4.56. The van der Waals surface area contributed by atoms with Crippen molar-refractivity contribution in [1.29, 1.82) is 0 Å². The Bertz CT molecular complexity index is 653. The average molecular weight is 286 g/mol. The molecule has 0 fully saturated rings. The maximum Gasteiger partial charge on any atom is 0.271 e. The van der Waals surface area contributed by atoms with Crippen LogP contribution in [0.25, 0.3) is 0 Å². The fourth-order valence-electron chi connectivity index (χ4n) is 1.37. The van der Waals surface area contributed by atoms with E-state index in [2.05, 4.69) is 9.71 Å². The summed E-state index contributed by atoms with van der Waals surface area (Å²) in [6.45, 7) is 1.95. The zero-order valence-corrected chi connectivity index (χ0v) is 11.2. The van der Waals surface area contributed by atoms with Crippen molar-refractivity contribution < 1.29 is 12.8 Å². The molecule has 0 spiro atoms. The Morgan fingerprint density at radius 2 is 2.17 bits per heavy atom. The topological polar surface area (TPSA) is 59.1 Å². The first kappa shape index (κ1) is 13.0. The standard InChI is InChI=1S/C11H11FN2O2S2/c1-2-10-3-4-11(17-10)18(15,16)14-9-5-8(12)6-13-7-9/h3-7,14H,2H2,1H3. The Morgan fingerprint density at radius 3 is 2.78 bits per heavy atom. The molecule has 2 rings (SSSR count). The van der Waals surface area contributed by atoms with E-state index in [1.54, 1.807) is 12.1 Å². The first-order valence-electron chi connectivity index (χ1n) is 5.23. The largest absolute Gasteiger partial charge is 0.277 e. The molecule has 0 saturated carbocycles. The zero-order valence-electron chi connectivity index (χ0n) is 9.55. The van der Waals surface area contributed by atoms with Gasteiger partial charge in [-0.15, -0.1) is 11.3 Å². The summed E-state index contributed by atoms with van der Waals surface area (Å²) in [6, 6.07) is 4.39. The van der Waals surface area contributed by atoms with Gasteiger partial charge in [-0.25, -0.2) is 12.8 Å².